The largest absolute Gasteiger partial charge is 0.379 e. The van der Waals surface area contributed by atoms with E-state index in [0.29, 0.717) is 0 Å². The van der Waals surface area contributed by atoms with Crippen LogP contribution in [0.4, 0.5) is 0 Å². The minimum Gasteiger partial charge on any atom is -0.379 e. The molecule has 0 fully saturated rings. The number of fused-ring (bicyclic) bond motifs is 1. The summed E-state index contributed by atoms with van der Waals surface area (Å²) in [6.45, 7) is 0. The molecule has 4 heteroatoms. The summed E-state index contributed by atoms with van der Waals surface area (Å²) >= 11 is 0. The molecule has 62 valence electrons. The number of nitrogens with one attached hydrogen (secondary N) is 2. The van der Waals surface area contributed by atoms with Crippen LogP contribution in [0.25, 0.3) is 0 Å². The Bertz CT molecular complexity index is 263. The summed E-state index contributed by atoms with van der Waals surface area (Å²) in [6, 6.07) is -0.847. The van der Waals surface area contributed by atoms with Crippen LogP contribution < -0.4 is 10.6 Å². The van der Waals surface area contributed by atoms with Gasteiger partial charge in [-0.15, -0.1) is 0 Å². The fourth-order valence-corrected chi connectivity index (χ4v) is 1.36. The normalized spacial score (nSPS) is 32.3. The molecular formula is C8H8N2O2. The Balaban J connectivity index is 2.31. The average molecular weight is 164 g/mol. The third-order valence-electron chi connectivity index (χ3n) is 1.99. The van der Waals surface area contributed by atoms with Crippen LogP contribution in [0.2, 0.25) is 0 Å². The topological polar surface area (TPSA) is 58.2 Å². The predicted octanol–water partition coefficient (Wildman–Crippen LogP) is -0.904. The van der Waals surface area contributed by atoms with Crippen molar-refractivity contribution < 1.29 is 9.59 Å². The number of hydrogen-bond acceptors (Lipinski definition) is 4. The van der Waals surface area contributed by atoms with E-state index in [1.807, 2.05) is 0 Å². The third-order valence-corrected chi connectivity index (χ3v) is 1.99. The molecule has 0 spiro atoms. The van der Waals surface area contributed by atoms with Gasteiger partial charge in [-0.3, -0.25) is 9.59 Å². The molecule has 0 amide bonds. The molecule has 0 saturated heterocycles. The summed E-state index contributed by atoms with van der Waals surface area (Å²) in [5.74, 6) is -0.118. The second-order valence-corrected chi connectivity index (χ2v) is 2.76. The molecule has 2 atom stereocenters. The lowest BCUT2D eigenvalue weighted by Gasteiger charge is -2.29. The Morgan fingerprint density at radius 3 is 1.75 bits per heavy atom. The molecule has 0 aliphatic carbocycles. The standard InChI is InChI=1S/C8H8N2O2/c11-5-1-3-9-8-6(12)2-4-10-7(5)8/h1-4,7-10H/t7-,8-/m1/s1. The van der Waals surface area contributed by atoms with Gasteiger partial charge in [-0.25, -0.2) is 0 Å². The van der Waals surface area contributed by atoms with Crippen molar-refractivity contribution in [3.05, 3.63) is 24.6 Å². The summed E-state index contributed by atoms with van der Waals surface area (Å²) in [7, 11) is 0. The minimum atomic E-state index is -0.424. The molecule has 2 rings (SSSR count). The van der Waals surface area contributed by atoms with Gasteiger partial charge in [-0.1, -0.05) is 0 Å². The number of ketones is 2. The molecule has 2 N–H and O–H groups in total. The van der Waals surface area contributed by atoms with Crippen LogP contribution in [-0.2, 0) is 9.59 Å². The van der Waals surface area contributed by atoms with Gasteiger partial charge in [0.1, 0.15) is 12.1 Å². The van der Waals surface area contributed by atoms with Crippen molar-refractivity contribution in [2.45, 2.75) is 12.1 Å². The minimum absolute atomic E-state index is 0.0588. The van der Waals surface area contributed by atoms with Gasteiger partial charge in [0.2, 0.25) is 0 Å². The summed E-state index contributed by atoms with van der Waals surface area (Å²) in [5, 5.41) is 5.67. The van der Waals surface area contributed by atoms with Crippen molar-refractivity contribution in [1.82, 2.24) is 10.6 Å². The zero-order chi connectivity index (χ0) is 8.55. The van der Waals surface area contributed by atoms with Gasteiger partial charge in [0.15, 0.2) is 11.6 Å². The molecule has 4 nitrogen and oxygen atoms in total. The fourth-order valence-electron chi connectivity index (χ4n) is 1.36. The molecule has 0 aromatic carbocycles. The molecule has 0 bridgehead atoms. The molecule has 0 unspecified atom stereocenters. The van der Waals surface area contributed by atoms with Gasteiger partial charge in [0.05, 0.1) is 0 Å². The van der Waals surface area contributed by atoms with E-state index in [2.05, 4.69) is 10.6 Å². The number of hydrogen-bond donors (Lipinski definition) is 2. The number of rotatable bonds is 0. The van der Waals surface area contributed by atoms with Gasteiger partial charge < -0.3 is 10.6 Å². The maximum absolute atomic E-state index is 11.2. The summed E-state index contributed by atoms with van der Waals surface area (Å²) in [5.41, 5.74) is 0. The molecule has 2 heterocycles. The lowest BCUT2D eigenvalue weighted by Crippen LogP contribution is -2.57. The lowest BCUT2D eigenvalue weighted by atomic mass is 9.95. The van der Waals surface area contributed by atoms with Crippen LogP contribution in [0.1, 0.15) is 0 Å². The van der Waals surface area contributed by atoms with Crippen molar-refractivity contribution >= 4 is 11.6 Å². The predicted molar refractivity (Wildman–Crippen MR) is 42.1 cm³/mol. The first-order valence-corrected chi connectivity index (χ1v) is 3.72. The summed E-state index contributed by atoms with van der Waals surface area (Å²) < 4.78 is 0. The molecule has 2 aliphatic heterocycles. The third kappa shape index (κ3) is 0.922. The first-order valence-electron chi connectivity index (χ1n) is 3.72. The summed E-state index contributed by atoms with van der Waals surface area (Å²) in [4.78, 5) is 22.4. The Morgan fingerprint density at radius 1 is 0.917 bits per heavy atom. The Kier molecular flexibility index (Phi) is 1.46. The maximum atomic E-state index is 11.2. The van der Waals surface area contributed by atoms with Crippen molar-refractivity contribution in [2.75, 3.05) is 0 Å². The van der Waals surface area contributed by atoms with E-state index < -0.39 is 12.1 Å². The van der Waals surface area contributed by atoms with Crippen LogP contribution in [0.15, 0.2) is 24.6 Å². The molecule has 0 radical (unpaired) electrons. The van der Waals surface area contributed by atoms with E-state index in [0.717, 1.165) is 0 Å². The highest BCUT2D eigenvalue weighted by Gasteiger charge is 2.34. The Morgan fingerprint density at radius 2 is 1.33 bits per heavy atom. The highest BCUT2D eigenvalue weighted by Crippen LogP contribution is 2.08. The van der Waals surface area contributed by atoms with Gasteiger partial charge >= 0.3 is 0 Å². The molecule has 0 aromatic rings. The zero-order valence-corrected chi connectivity index (χ0v) is 6.28. The average Bonchev–Trinajstić information content (AvgIpc) is 2.07. The second-order valence-electron chi connectivity index (χ2n) is 2.76. The highest BCUT2D eigenvalue weighted by atomic mass is 16.1. The Hall–Kier alpha value is -1.58. The summed E-state index contributed by atoms with van der Waals surface area (Å²) in [6.07, 6.45) is 5.89. The van der Waals surface area contributed by atoms with Crippen LogP contribution in [0.3, 0.4) is 0 Å². The van der Waals surface area contributed by atoms with Crippen molar-refractivity contribution in [3.8, 4) is 0 Å². The molecule has 2 aliphatic rings. The van der Waals surface area contributed by atoms with E-state index in [-0.39, 0.29) is 11.6 Å². The van der Waals surface area contributed by atoms with Gasteiger partial charge in [-0.05, 0) is 12.2 Å². The number of carbonyl (C=O) groups excluding carboxylic acids is 2. The van der Waals surface area contributed by atoms with Gasteiger partial charge in [-0.2, -0.15) is 0 Å². The van der Waals surface area contributed by atoms with E-state index in [1.165, 1.54) is 24.6 Å². The first-order chi connectivity index (χ1) is 5.79. The van der Waals surface area contributed by atoms with Crippen LogP contribution in [0, 0.1) is 0 Å². The van der Waals surface area contributed by atoms with Crippen molar-refractivity contribution in [3.63, 3.8) is 0 Å². The molecule has 0 saturated carbocycles. The van der Waals surface area contributed by atoms with E-state index >= 15 is 0 Å². The lowest BCUT2D eigenvalue weighted by molar-refractivity contribution is -0.124. The van der Waals surface area contributed by atoms with E-state index in [9.17, 15) is 9.59 Å². The van der Waals surface area contributed by atoms with E-state index in [1.54, 1.807) is 0 Å². The second kappa shape index (κ2) is 2.48. The van der Waals surface area contributed by atoms with Gasteiger partial charge in [0.25, 0.3) is 0 Å². The fraction of sp³-hybridized carbons (Fsp3) is 0.250. The van der Waals surface area contributed by atoms with Gasteiger partial charge in [0, 0.05) is 12.4 Å². The maximum Gasteiger partial charge on any atom is 0.181 e. The van der Waals surface area contributed by atoms with Crippen LogP contribution >= 0.6 is 0 Å². The van der Waals surface area contributed by atoms with Crippen molar-refractivity contribution in [1.29, 1.82) is 0 Å². The molecule has 12 heavy (non-hydrogen) atoms. The van der Waals surface area contributed by atoms with E-state index in [4.69, 9.17) is 0 Å². The monoisotopic (exact) mass is 164 g/mol. The van der Waals surface area contributed by atoms with Crippen LogP contribution in [-0.4, -0.2) is 23.7 Å². The highest BCUT2D eigenvalue weighted by molar-refractivity contribution is 6.05. The SMILES string of the molecule is O=C1C=CN[C@@H]2C(=O)C=CN[C@H]12. The number of carbonyl (C=O) groups is 2. The van der Waals surface area contributed by atoms with Crippen molar-refractivity contribution in [2.24, 2.45) is 0 Å². The quantitative estimate of drug-likeness (QED) is 0.487. The smallest absolute Gasteiger partial charge is 0.181 e. The molecule has 0 aromatic heterocycles. The zero-order valence-electron chi connectivity index (χ0n) is 6.28. The first kappa shape index (κ1) is 7.09. The Labute approximate surface area is 69.3 Å². The van der Waals surface area contributed by atoms with Crippen LogP contribution in [0.5, 0.6) is 0 Å². The molecular weight excluding hydrogens is 156 g/mol.